The van der Waals surface area contributed by atoms with Gasteiger partial charge in [-0.25, -0.2) is 4.98 Å². The van der Waals surface area contributed by atoms with E-state index in [1.165, 1.54) is 23.7 Å². The van der Waals surface area contributed by atoms with Crippen LogP contribution < -0.4 is 0 Å². The monoisotopic (exact) mass is 344 g/mol. The average Bonchev–Trinajstić information content (AvgIpc) is 3.10. The van der Waals surface area contributed by atoms with Gasteiger partial charge in [0.2, 0.25) is 11.1 Å². The molecule has 0 saturated carbocycles. The zero-order chi connectivity index (χ0) is 16.9. The molecular formula is C18H24N4OS. The van der Waals surface area contributed by atoms with Crippen molar-refractivity contribution in [2.45, 2.75) is 49.9 Å². The highest BCUT2D eigenvalue weighted by Crippen LogP contribution is 2.25. The molecule has 5 nitrogen and oxygen atoms in total. The number of piperidine rings is 1. The summed E-state index contributed by atoms with van der Waals surface area (Å²) >= 11 is 1.42. The lowest BCUT2D eigenvalue weighted by Crippen LogP contribution is -2.40. The Balaban J connectivity index is 1.63. The van der Waals surface area contributed by atoms with Crippen molar-refractivity contribution in [1.29, 1.82) is 0 Å². The largest absolute Gasteiger partial charge is 0.342 e. The van der Waals surface area contributed by atoms with Crippen molar-refractivity contribution in [3.8, 4) is 11.4 Å². The van der Waals surface area contributed by atoms with Crippen molar-refractivity contribution in [3.05, 3.63) is 29.8 Å². The Morgan fingerprint density at radius 3 is 2.62 bits per heavy atom. The number of thioether (sulfide) groups is 1. The highest BCUT2D eigenvalue weighted by molar-refractivity contribution is 8.00. The molecule has 24 heavy (non-hydrogen) atoms. The standard InChI is InChI=1S/C18H24N4OS/c1-3-14-7-9-15(10-8-14)16-19-18(21-20-16)24-13(2)17(23)22-11-5-4-6-12-22/h7-10,13H,3-6,11-12H2,1-2H3,(H,19,20,21)/t13-/m0/s1. The molecule has 2 aromatic rings. The molecule has 1 aliphatic heterocycles. The van der Waals surface area contributed by atoms with Gasteiger partial charge in [-0.1, -0.05) is 43.0 Å². The van der Waals surface area contributed by atoms with E-state index in [0.717, 1.165) is 43.7 Å². The Kier molecular flexibility index (Phi) is 5.56. The molecule has 1 N–H and O–H groups in total. The van der Waals surface area contributed by atoms with Gasteiger partial charge in [0.05, 0.1) is 5.25 Å². The lowest BCUT2D eigenvalue weighted by molar-refractivity contribution is -0.131. The van der Waals surface area contributed by atoms with Crippen LogP contribution in [0.25, 0.3) is 11.4 Å². The zero-order valence-electron chi connectivity index (χ0n) is 14.3. The molecular weight excluding hydrogens is 320 g/mol. The molecule has 3 rings (SSSR count). The van der Waals surface area contributed by atoms with E-state index in [4.69, 9.17) is 0 Å². The molecule has 1 fully saturated rings. The van der Waals surface area contributed by atoms with Gasteiger partial charge in [-0.15, -0.1) is 5.10 Å². The Labute approximate surface area is 147 Å². The molecule has 128 valence electrons. The number of nitrogens with zero attached hydrogens (tertiary/aromatic N) is 3. The number of carbonyl (C=O) groups is 1. The maximum Gasteiger partial charge on any atom is 0.235 e. The third kappa shape index (κ3) is 3.98. The number of aromatic amines is 1. The number of aromatic nitrogens is 3. The van der Waals surface area contributed by atoms with E-state index in [1.54, 1.807) is 0 Å². The van der Waals surface area contributed by atoms with Crippen LogP contribution in [0.2, 0.25) is 0 Å². The molecule has 1 saturated heterocycles. The number of benzene rings is 1. The predicted molar refractivity (Wildman–Crippen MR) is 96.9 cm³/mol. The molecule has 2 heterocycles. The van der Waals surface area contributed by atoms with Crippen molar-refractivity contribution < 1.29 is 4.79 Å². The average molecular weight is 344 g/mol. The van der Waals surface area contributed by atoms with Crippen LogP contribution in [0.3, 0.4) is 0 Å². The normalized spacial score (nSPS) is 16.2. The van der Waals surface area contributed by atoms with E-state index in [2.05, 4.69) is 46.4 Å². The quantitative estimate of drug-likeness (QED) is 0.843. The summed E-state index contributed by atoms with van der Waals surface area (Å²) in [6.45, 7) is 5.84. The van der Waals surface area contributed by atoms with Crippen molar-refractivity contribution in [2.24, 2.45) is 0 Å². The van der Waals surface area contributed by atoms with Gasteiger partial charge in [-0.3, -0.25) is 9.89 Å². The van der Waals surface area contributed by atoms with Gasteiger partial charge in [0.15, 0.2) is 5.82 Å². The SMILES string of the molecule is CCc1ccc(-c2nc(S[C@@H](C)C(=O)N3CCCCC3)n[nH]2)cc1. The van der Waals surface area contributed by atoms with E-state index in [-0.39, 0.29) is 11.2 Å². The zero-order valence-corrected chi connectivity index (χ0v) is 15.1. The van der Waals surface area contributed by atoms with Crippen molar-refractivity contribution in [2.75, 3.05) is 13.1 Å². The number of hydrogen-bond donors (Lipinski definition) is 1. The Morgan fingerprint density at radius 1 is 1.25 bits per heavy atom. The topological polar surface area (TPSA) is 61.9 Å². The fraction of sp³-hybridized carbons (Fsp3) is 0.500. The fourth-order valence-electron chi connectivity index (χ4n) is 2.91. The first kappa shape index (κ1) is 17.0. The minimum Gasteiger partial charge on any atom is -0.342 e. The third-order valence-electron chi connectivity index (χ3n) is 4.40. The highest BCUT2D eigenvalue weighted by Gasteiger charge is 2.24. The molecule has 0 spiro atoms. The molecule has 1 aliphatic rings. The molecule has 6 heteroatoms. The molecule has 1 amide bonds. The summed E-state index contributed by atoms with van der Waals surface area (Å²) in [7, 11) is 0. The molecule has 0 bridgehead atoms. The van der Waals surface area contributed by atoms with Crippen molar-refractivity contribution >= 4 is 17.7 Å². The molecule has 1 aromatic carbocycles. The first-order valence-electron chi connectivity index (χ1n) is 8.64. The summed E-state index contributed by atoms with van der Waals surface area (Å²) in [5.74, 6) is 0.941. The van der Waals surface area contributed by atoms with Gasteiger partial charge in [0.1, 0.15) is 0 Å². The van der Waals surface area contributed by atoms with Gasteiger partial charge in [-0.05, 0) is 38.2 Å². The minimum absolute atomic E-state index is 0.158. The molecule has 0 aliphatic carbocycles. The summed E-state index contributed by atoms with van der Waals surface area (Å²) in [6, 6.07) is 8.31. The van der Waals surface area contributed by atoms with Gasteiger partial charge < -0.3 is 4.90 Å². The fourth-order valence-corrected chi connectivity index (χ4v) is 3.71. The van der Waals surface area contributed by atoms with Gasteiger partial charge in [0, 0.05) is 18.7 Å². The second-order valence-corrected chi connectivity index (χ2v) is 7.47. The number of amides is 1. The van der Waals surface area contributed by atoms with Crippen LogP contribution in [0.5, 0.6) is 0 Å². The van der Waals surface area contributed by atoms with Crippen molar-refractivity contribution in [3.63, 3.8) is 0 Å². The number of rotatable bonds is 5. The van der Waals surface area contributed by atoms with Gasteiger partial charge in [-0.2, -0.15) is 0 Å². The second kappa shape index (κ2) is 7.83. The Morgan fingerprint density at radius 2 is 1.96 bits per heavy atom. The van der Waals surface area contributed by atoms with Crippen molar-refractivity contribution in [1.82, 2.24) is 20.1 Å². The van der Waals surface area contributed by atoms with Crippen LogP contribution >= 0.6 is 11.8 Å². The number of aryl methyl sites for hydroxylation is 1. The summed E-state index contributed by atoms with van der Waals surface area (Å²) in [6.07, 6.45) is 4.48. The van der Waals surface area contributed by atoms with Gasteiger partial charge in [0.25, 0.3) is 0 Å². The maximum atomic E-state index is 12.5. The van der Waals surface area contributed by atoms with E-state index in [9.17, 15) is 4.79 Å². The minimum atomic E-state index is -0.158. The first-order chi connectivity index (χ1) is 11.7. The van der Waals surface area contributed by atoms with E-state index in [1.807, 2.05) is 11.8 Å². The molecule has 0 radical (unpaired) electrons. The van der Waals surface area contributed by atoms with Crippen LogP contribution in [-0.2, 0) is 11.2 Å². The number of likely N-dealkylation sites (tertiary alicyclic amines) is 1. The van der Waals surface area contributed by atoms with E-state index >= 15 is 0 Å². The van der Waals surface area contributed by atoms with Crippen LogP contribution in [0.15, 0.2) is 29.4 Å². The smallest absolute Gasteiger partial charge is 0.235 e. The second-order valence-electron chi connectivity index (χ2n) is 6.16. The summed E-state index contributed by atoms with van der Waals surface area (Å²) in [5, 5.41) is 7.70. The van der Waals surface area contributed by atoms with Crippen LogP contribution in [0, 0.1) is 0 Å². The first-order valence-corrected chi connectivity index (χ1v) is 9.52. The summed E-state index contributed by atoms with van der Waals surface area (Å²) in [4.78, 5) is 19.0. The lowest BCUT2D eigenvalue weighted by Gasteiger charge is -2.28. The van der Waals surface area contributed by atoms with Gasteiger partial charge >= 0.3 is 0 Å². The van der Waals surface area contributed by atoms with E-state index < -0.39 is 0 Å². The molecule has 1 atom stereocenters. The number of carbonyl (C=O) groups excluding carboxylic acids is 1. The van der Waals surface area contributed by atoms with Crippen LogP contribution in [0.1, 0.15) is 38.7 Å². The van der Waals surface area contributed by atoms with E-state index in [0.29, 0.717) is 5.16 Å². The Bertz CT molecular complexity index is 677. The molecule has 1 aromatic heterocycles. The number of nitrogens with one attached hydrogen (secondary N) is 1. The summed E-state index contributed by atoms with van der Waals surface area (Å²) in [5.41, 5.74) is 2.31. The maximum absolute atomic E-state index is 12.5. The Hall–Kier alpha value is -1.82. The van der Waals surface area contributed by atoms with Crippen LogP contribution in [0.4, 0.5) is 0 Å². The molecule has 0 unspecified atom stereocenters. The summed E-state index contributed by atoms with van der Waals surface area (Å²) < 4.78 is 0. The highest BCUT2D eigenvalue weighted by atomic mass is 32.2. The number of H-pyrrole nitrogens is 1. The lowest BCUT2D eigenvalue weighted by atomic mass is 10.1. The predicted octanol–water partition coefficient (Wildman–Crippen LogP) is 3.53. The van der Waals surface area contributed by atoms with Crippen LogP contribution in [-0.4, -0.2) is 44.3 Å². The third-order valence-corrected chi connectivity index (χ3v) is 5.35. The number of hydrogen-bond acceptors (Lipinski definition) is 4.